The molecule has 2 fully saturated rings. The molecule has 0 bridgehead atoms. The number of benzene rings is 1. The van der Waals surface area contributed by atoms with Gasteiger partial charge in [0.1, 0.15) is 5.75 Å². The number of methoxy groups -OCH3 is 1. The quantitative estimate of drug-likeness (QED) is 0.398. The summed E-state index contributed by atoms with van der Waals surface area (Å²) in [6.07, 6.45) is 6.30. The van der Waals surface area contributed by atoms with Gasteiger partial charge < -0.3 is 24.5 Å². The Morgan fingerprint density at radius 3 is 2.44 bits per heavy atom. The number of likely N-dealkylation sites (tertiary alicyclic amines) is 1. The number of aryl methyl sites for hydroxylation is 1. The van der Waals surface area contributed by atoms with E-state index in [0.717, 1.165) is 74.1 Å². The monoisotopic (exact) mass is 560 g/mol. The number of H-pyrrole nitrogens is 1. The number of ether oxygens (including phenoxy) is 1. The van der Waals surface area contributed by atoms with Crippen molar-refractivity contribution in [3.05, 3.63) is 63.2 Å². The zero-order valence-corrected chi connectivity index (χ0v) is 25.1. The highest BCUT2D eigenvalue weighted by molar-refractivity contribution is 6.08. The van der Waals surface area contributed by atoms with Crippen LogP contribution in [0.25, 0.3) is 10.9 Å². The van der Waals surface area contributed by atoms with Gasteiger partial charge >= 0.3 is 0 Å². The number of aromatic amines is 1. The predicted molar refractivity (Wildman–Crippen MR) is 161 cm³/mol. The Bertz CT molecular complexity index is 1470. The molecular weight excluding hydrogens is 516 g/mol. The van der Waals surface area contributed by atoms with Gasteiger partial charge in [0.05, 0.1) is 24.8 Å². The lowest BCUT2D eigenvalue weighted by molar-refractivity contribution is -0.138. The lowest BCUT2D eigenvalue weighted by Crippen LogP contribution is -2.43. The van der Waals surface area contributed by atoms with E-state index in [1.54, 1.807) is 13.0 Å². The molecule has 1 saturated carbocycles. The van der Waals surface area contributed by atoms with Crippen LogP contribution in [0.15, 0.2) is 35.1 Å². The molecule has 1 aliphatic heterocycles. The Kier molecular flexibility index (Phi) is 8.57. The van der Waals surface area contributed by atoms with Gasteiger partial charge in [-0.1, -0.05) is 25.1 Å². The average molecular weight is 561 g/mol. The summed E-state index contributed by atoms with van der Waals surface area (Å²) in [5.74, 6) is 1.95. The summed E-state index contributed by atoms with van der Waals surface area (Å²) in [5, 5.41) is 3.87. The summed E-state index contributed by atoms with van der Waals surface area (Å²) < 4.78 is 7.70. The normalized spacial score (nSPS) is 20.7. The van der Waals surface area contributed by atoms with E-state index in [2.05, 4.69) is 39.7 Å². The molecule has 0 unspecified atom stereocenters. The van der Waals surface area contributed by atoms with Crippen LogP contribution in [0.3, 0.4) is 0 Å². The molecule has 5 rings (SSSR count). The molecule has 41 heavy (non-hydrogen) atoms. The van der Waals surface area contributed by atoms with Crippen molar-refractivity contribution in [2.45, 2.75) is 78.8 Å². The minimum absolute atomic E-state index is 0.0680. The summed E-state index contributed by atoms with van der Waals surface area (Å²) in [4.78, 5) is 44.3. The van der Waals surface area contributed by atoms with Gasteiger partial charge in [-0.05, 0) is 83.3 Å². The average Bonchev–Trinajstić information content (AvgIpc) is 3.27. The Morgan fingerprint density at radius 2 is 1.76 bits per heavy atom. The Hall–Kier alpha value is -3.55. The molecule has 3 aromatic rings. The van der Waals surface area contributed by atoms with Crippen molar-refractivity contribution in [1.82, 2.24) is 19.8 Å². The first kappa shape index (κ1) is 29.0. The Morgan fingerprint density at radius 1 is 1.07 bits per heavy atom. The zero-order chi connectivity index (χ0) is 29.3. The fraction of sp³-hybridized carbons (Fsp3) is 0.545. The number of amides is 2. The number of fused-ring (bicyclic) bond motifs is 1. The molecule has 8 heteroatoms. The number of hydrogen-bond donors (Lipinski definition) is 2. The summed E-state index contributed by atoms with van der Waals surface area (Å²) in [6, 6.07) is 9.97. The van der Waals surface area contributed by atoms with Crippen LogP contribution in [-0.2, 0) is 11.3 Å². The van der Waals surface area contributed by atoms with E-state index in [-0.39, 0.29) is 30.0 Å². The number of pyridine rings is 1. The number of nitrogens with one attached hydrogen (secondary N) is 2. The van der Waals surface area contributed by atoms with Crippen LogP contribution in [0.5, 0.6) is 5.75 Å². The van der Waals surface area contributed by atoms with Gasteiger partial charge in [0.2, 0.25) is 5.91 Å². The van der Waals surface area contributed by atoms with Gasteiger partial charge in [-0.2, -0.15) is 0 Å². The van der Waals surface area contributed by atoms with E-state index in [1.165, 1.54) is 7.11 Å². The van der Waals surface area contributed by atoms with Crippen LogP contribution in [0.4, 0.5) is 0 Å². The van der Waals surface area contributed by atoms with E-state index in [9.17, 15) is 14.4 Å². The first-order valence-electron chi connectivity index (χ1n) is 15.1. The van der Waals surface area contributed by atoms with Crippen molar-refractivity contribution in [3.8, 4) is 5.75 Å². The molecule has 220 valence electrons. The molecule has 8 nitrogen and oxygen atoms in total. The molecule has 1 aromatic carbocycles. The molecule has 2 N–H and O–H groups in total. The van der Waals surface area contributed by atoms with Crippen molar-refractivity contribution < 1.29 is 14.3 Å². The maximum Gasteiger partial charge on any atom is 0.256 e. The van der Waals surface area contributed by atoms with Crippen LogP contribution < -0.4 is 15.6 Å². The zero-order valence-electron chi connectivity index (χ0n) is 25.1. The standard InChI is InChI=1S/C33H44N4O4/c1-20-10-12-25(13-11-20)33(40)36-16-14-24(15-17-36)22(3)37-23(4)30(26-8-6-7-9-28(26)37)32(39)34-19-27-29(41-5)18-21(2)35-31(27)38/h6-9,18,20,22,24-25H,10-17,19H2,1-5H3,(H,34,39)(H,35,38)/t20-,22-,25-/m1/s1. The maximum absolute atomic E-state index is 13.6. The lowest BCUT2D eigenvalue weighted by atomic mass is 9.81. The third kappa shape index (κ3) is 5.79. The van der Waals surface area contributed by atoms with Crippen molar-refractivity contribution in [3.63, 3.8) is 0 Å². The number of piperidine rings is 1. The second-order valence-corrected chi connectivity index (χ2v) is 12.2. The minimum Gasteiger partial charge on any atom is -0.496 e. The van der Waals surface area contributed by atoms with Crippen molar-refractivity contribution in [1.29, 1.82) is 0 Å². The fourth-order valence-electron chi connectivity index (χ4n) is 7.07. The van der Waals surface area contributed by atoms with Crippen LogP contribution in [-0.4, -0.2) is 46.5 Å². The Labute approximate surface area is 242 Å². The summed E-state index contributed by atoms with van der Waals surface area (Å²) >= 11 is 0. The number of rotatable bonds is 7. The number of carbonyl (C=O) groups is 2. The van der Waals surface area contributed by atoms with Gasteiger partial charge in [0.25, 0.3) is 11.5 Å². The van der Waals surface area contributed by atoms with E-state index in [0.29, 0.717) is 34.4 Å². The molecule has 1 saturated heterocycles. The molecular formula is C33H44N4O4. The minimum atomic E-state index is -0.266. The number of carbonyl (C=O) groups excluding carboxylic acids is 2. The molecule has 2 aliphatic rings. The summed E-state index contributed by atoms with van der Waals surface area (Å²) in [6.45, 7) is 10.0. The van der Waals surface area contributed by atoms with Gasteiger partial charge in [0, 0.05) is 47.3 Å². The smallest absolute Gasteiger partial charge is 0.256 e. The first-order chi connectivity index (χ1) is 19.7. The highest BCUT2D eigenvalue weighted by Crippen LogP contribution is 2.37. The molecule has 0 spiro atoms. The molecule has 1 aliphatic carbocycles. The number of aromatic nitrogens is 2. The lowest BCUT2D eigenvalue weighted by Gasteiger charge is -2.38. The maximum atomic E-state index is 13.6. The van der Waals surface area contributed by atoms with Gasteiger partial charge in [-0.25, -0.2) is 0 Å². The first-order valence-corrected chi connectivity index (χ1v) is 15.1. The van der Waals surface area contributed by atoms with Crippen LogP contribution in [0.2, 0.25) is 0 Å². The van der Waals surface area contributed by atoms with Gasteiger partial charge in [-0.15, -0.1) is 0 Å². The highest BCUT2D eigenvalue weighted by atomic mass is 16.5. The van der Waals surface area contributed by atoms with Crippen molar-refractivity contribution in [2.24, 2.45) is 17.8 Å². The van der Waals surface area contributed by atoms with Crippen LogP contribution in [0.1, 0.15) is 85.7 Å². The van der Waals surface area contributed by atoms with E-state index in [1.807, 2.05) is 25.1 Å². The third-order valence-electron chi connectivity index (χ3n) is 9.56. The molecule has 3 heterocycles. The number of para-hydroxylation sites is 1. The fourth-order valence-corrected chi connectivity index (χ4v) is 7.07. The number of nitrogens with zero attached hydrogens (tertiary/aromatic N) is 2. The van der Waals surface area contributed by atoms with Crippen LogP contribution in [0, 0.1) is 31.6 Å². The third-order valence-corrected chi connectivity index (χ3v) is 9.56. The van der Waals surface area contributed by atoms with E-state index < -0.39 is 0 Å². The summed E-state index contributed by atoms with van der Waals surface area (Å²) in [7, 11) is 1.52. The molecule has 2 aromatic heterocycles. The van der Waals surface area contributed by atoms with Crippen molar-refractivity contribution in [2.75, 3.05) is 20.2 Å². The van der Waals surface area contributed by atoms with Gasteiger partial charge in [0.15, 0.2) is 0 Å². The largest absolute Gasteiger partial charge is 0.496 e. The van der Waals surface area contributed by atoms with E-state index >= 15 is 0 Å². The summed E-state index contributed by atoms with van der Waals surface area (Å²) in [5.41, 5.74) is 3.41. The second kappa shape index (κ2) is 12.1. The van der Waals surface area contributed by atoms with E-state index in [4.69, 9.17) is 4.74 Å². The van der Waals surface area contributed by atoms with Crippen LogP contribution >= 0.6 is 0 Å². The number of hydrogen-bond acceptors (Lipinski definition) is 4. The Balaban J connectivity index is 1.32. The predicted octanol–water partition coefficient (Wildman–Crippen LogP) is 5.51. The SMILES string of the molecule is COc1cc(C)[nH]c(=O)c1CNC(=O)c1c(C)n([C@H](C)C2CCN(C(=O)[C@H]3CC[C@H](C)CC3)CC2)c2ccccc12. The van der Waals surface area contributed by atoms with Gasteiger partial charge in [-0.3, -0.25) is 14.4 Å². The van der Waals surface area contributed by atoms with Crippen molar-refractivity contribution >= 4 is 22.7 Å². The highest BCUT2D eigenvalue weighted by Gasteiger charge is 2.33. The molecule has 1 atom stereocenters. The second-order valence-electron chi connectivity index (χ2n) is 12.2. The topological polar surface area (TPSA) is 96.4 Å². The molecule has 0 radical (unpaired) electrons. The molecule has 2 amide bonds.